The zero-order chi connectivity index (χ0) is 16.4. The second kappa shape index (κ2) is 6.72. The minimum atomic E-state index is -0.553. The van der Waals surface area contributed by atoms with Crippen molar-refractivity contribution in [2.24, 2.45) is 0 Å². The van der Waals surface area contributed by atoms with E-state index in [0.717, 1.165) is 23.1 Å². The van der Waals surface area contributed by atoms with Gasteiger partial charge in [0.15, 0.2) is 0 Å². The lowest BCUT2D eigenvalue weighted by Crippen LogP contribution is -2.38. The highest BCUT2D eigenvalue weighted by molar-refractivity contribution is 6.41. The summed E-state index contributed by atoms with van der Waals surface area (Å²) >= 11 is 11.6. The Morgan fingerprint density at radius 3 is 2.61 bits per heavy atom. The fourth-order valence-electron chi connectivity index (χ4n) is 2.36. The Hall–Kier alpha value is -1.85. The lowest BCUT2D eigenvalue weighted by Gasteiger charge is -2.22. The quantitative estimate of drug-likeness (QED) is 0.832. The molecular formula is C16H15Cl2N3O2. The highest BCUT2D eigenvalue weighted by atomic mass is 35.5. The summed E-state index contributed by atoms with van der Waals surface area (Å²) in [6.07, 6.45) is 3.25. The van der Waals surface area contributed by atoms with Gasteiger partial charge < -0.3 is 4.90 Å². The van der Waals surface area contributed by atoms with Crippen LogP contribution in [-0.4, -0.2) is 26.6 Å². The first kappa shape index (κ1) is 16.0. The van der Waals surface area contributed by atoms with E-state index in [1.807, 2.05) is 30.3 Å². The summed E-state index contributed by atoms with van der Waals surface area (Å²) in [7, 11) is 0. The molecule has 120 valence electrons. The second-order valence-electron chi connectivity index (χ2n) is 5.51. The Labute approximate surface area is 143 Å². The molecule has 0 radical (unpaired) electrons. The molecule has 1 amide bonds. The number of nitrogens with zero attached hydrogens (tertiary/aromatic N) is 3. The van der Waals surface area contributed by atoms with Crippen molar-refractivity contribution in [3.05, 3.63) is 62.5 Å². The van der Waals surface area contributed by atoms with E-state index < -0.39 is 5.56 Å². The molecule has 0 N–H and O–H groups in total. The van der Waals surface area contributed by atoms with Crippen molar-refractivity contribution in [2.45, 2.75) is 32.0 Å². The maximum Gasteiger partial charge on any atom is 0.287 e. The number of carbonyl (C=O) groups excluding carboxylic acids is 1. The maximum atomic E-state index is 12.6. The molecule has 2 aromatic rings. The van der Waals surface area contributed by atoms with Gasteiger partial charge in [-0.1, -0.05) is 53.5 Å². The van der Waals surface area contributed by atoms with Crippen molar-refractivity contribution in [2.75, 3.05) is 0 Å². The summed E-state index contributed by atoms with van der Waals surface area (Å²) in [5.41, 5.74) is 0.505. The predicted molar refractivity (Wildman–Crippen MR) is 88.5 cm³/mol. The lowest BCUT2D eigenvalue weighted by molar-refractivity contribution is -0.133. The Bertz CT molecular complexity index is 773. The predicted octanol–water partition coefficient (Wildman–Crippen LogP) is 2.74. The van der Waals surface area contributed by atoms with E-state index in [2.05, 4.69) is 5.10 Å². The second-order valence-corrected chi connectivity index (χ2v) is 6.29. The molecule has 1 saturated carbocycles. The smallest absolute Gasteiger partial charge is 0.287 e. The van der Waals surface area contributed by atoms with Crippen LogP contribution in [0.4, 0.5) is 0 Å². The largest absolute Gasteiger partial charge is 0.334 e. The van der Waals surface area contributed by atoms with Gasteiger partial charge in [0, 0.05) is 12.6 Å². The fourth-order valence-corrected chi connectivity index (χ4v) is 2.63. The first-order chi connectivity index (χ1) is 11.1. The fraction of sp³-hybridized carbons (Fsp3) is 0.312. The van der Waals surface area contributed by atoms with E-state index in [-0.39, 0.29) is 28.5 Å². The number of hydrogen-bond donors (Lipinski definition) is 0. The first-order valence-electron chi connectivity index (χ1n) is 7.31. The molecule has 1 aliphatic carbocycles. The maximum absolute atomic E-state index is 12.6. The standard InChI is InChI=1S/C16H15Cl2N3O2/c17-13-8-19-21(16(23)15(13)18)10-14(22)20(12-6-7-12)9-11-4-2-1-3-5-11/h1-5,8,12H,6-7,9-10H2. The average Bonchev–Trinajstić information content (AvgIpc) is 3.39. The van der Waals surface area contributed by atoms with Gasteiger partial charge in [0.1, 0.15) is 11.6 Å². The molecule has 7 heteroatoms. The molecule has 0 spiro atoms. The van der Waals surface area contributed by atoms with Crippen LogP contribution in [0, 0.1) is 0 Å². The SMILES string of the molecule is O=C(Cn1ncc(Cl)c(Cl)c1=O)N(Cc1ccccc1)C1CC1. The Morgan fingerprint density at radius 2 is 1.96 bits per heavy atom. The van der Waals surface area contributed by atoms with Gasteiger partial charge in [-0.15, -0.1) is 0 Å². The molecule has 0 unspecified atom stereocenters. The van der Waals surface area contributed by atoms with Gasteiger partial charge in [-0.2, -0.15) is 5.10 Å². The molecular weight excluding hydrogens is 337 g/mol. The summed E-state index contributed by atoms with van der Waals surface area (Å²) in [6.45, 7) is 0.388. The van der Waals surface area contributed by atoms with Crippen LogP contribution in [0.1, 0.15) is 18.4 Å². The molecule has 1 aromatic heterocycles. The molecule has 1 aromatic carbocycles. The summed E-state index contributed by atoms with van der Waals surface area (Å²) < 4.78 is 1.05. The molecule has 23 heavy (non-hydrogen) atoms. The van der Waals surface area contributed by atoms with Crippen molar-refractivity contribution in [1.82, 2.24) is 14.7 Å². The number of hydrogen-bond acceptors (Lipinski definition) is 3. The van der Waals surface area contributed by atoms with E-state index in [9.17, 15) is 9.59 Å². The number of aromatic nitrogens is 2. The highest BCUT2D eigenvalue weighted by Crippen LogP contribution is 2.28. The van der Waals surface area contributed by atoms with Crippen LogP contribution in [0.25, 0.3) is 0 Å². The Kier molecular flexibility index (Phi) is 4.68. The van der Waals surface area contributed by atoms with Crippen molar-refractivity contribution < 1.29 is 4.79 Å². The summed E-state index contributed by atoms with van der Waals surface area (Å²) in [6, 6.07) is 10.0. The van der Waals surface area contributed by atoms with Gasteiger partial charge in [0.05, 0.1) is 11.2 Å². The molecule has 0 aliphatic heterocycles. The molecule has 0 saturated heterocycles. The highest BCUT2D eigenvalue weighted by Gasteiger charge is 2.32. The van der Waals surface area contributed by atoms with Crippen LogP contribution in [-0.2, 0) is 17.9 Å². The summed E-state index contributed by atoms with van der Waals surface area (Å²) in [4.78, 5) is 26.4. The molecule has 1 heterocycles. The molecule has 1 aliphatic rings. The third kappa shape index (κ3) is 3.74. The van der Waals surface area contributed by atoms with Crippen LogP contribution in [0.2, 0.25) is 10.0 Å². The van der Waals surface area contributed by atoms with Gasteiger partial charge in [-0.05, 0) is 18.4 Å². The van der Waals surface area contributed by atoms with Gasteiger partial charge in [0.25, 0.3) is 5.56 Å². The number of benzene rings is 1. The normalized spacial score (nSPS) is 13.8. The zero-order valence-corrected chi connectivity index (χ0v) is 13.8. The van der Waals surface area contributed by atoms with Crippen LogP contribution in [0.15, 0.2) is 41.3 Å². The number of amides is 1. The molecule has 3 rings (SSSR count). The summed E-state index contributed by atoms with van der Waals surface area (Å²) in [5.74, 6) is -0.149. The van der Waals surface area contributed by atoms with Gasteiger partial charge >= 0.3 is 0 Å². The van der Waals surface area contributed by atoms with Crippen LogP contribution >= 0.6 is 23.2 Å². The van der Waals surface area contributed by atoms with E-state index in [0.29, 0.717) is 6.54 Å². The minimum Gasteiger partial charge on any atom is -0.334 e. The van der Waals surface area contributed by atoms with Crippen molar-refractivity contribution in [3.8, 4) is 0 Å². The van der Waals surface area contributed by atoms with Gasteiger partial charge in [-0.3, -0.25) is 9.59 Å². The van der Waals surface area contributed by atoms with Crippen LogP contribution < -0.4 is 5.56 Å². The van der Waals surface area contributed by atoms with Gasteiger partial charge in [-0.25, -0.2) is 4.68 Å². The third-order valence-corrected chi connectivity index (χ3v) is 4.48. The van der Waals surface area contributed by atoms with Crippen LogP contribution in [0.3, 0.4) is 0 Å². The minimum absolute atomic E-state index is 0.0868. The third-order valence-electron chi connectivity index (χ3n) is 3.73. The van der Waals surface area contributed by atoms with Crippen molar-refractivity contribution in [1.29, 1.82) is 0 Å². The number of rotatable bonds is 5. The molecule has 1 fully saturated rings. The van der Waals surface area contributed by atoms with E-state index in [1.165, 1.54) is 6.20 Å². The number of carbonyl (C=O) groups is 1. The van der Waals surface area contributed by atoms with E-state index in [1.54, 1.807) is 4.90 Å². The monoisotopic (exact) mass is 351 g/mol. The van der Waals surface area contributed by atoms with E-state index >= 15 is 0 Å². The first-order valence-corrected chi connectivity index (χ1v) is 8.06. The Balaban J connectivity index is 1.77. The molecule has 0 atom stereocenters. The van der Waals surface area contributed by atoms with Crippen LogP contribution in [0.5, 0.6) is 0 Å². The van der Waals surface area contributed by atoms with E-state index in [4.69, 9.17) is 23.2 Å². The number of halogens is 2. The summed E-state index contributed by atoms with van der Waals surface area (Å²) in [5, 5.41) is 3.86. The zero-order valence-electron chi connectivity index (χ0n) is 12.3. The van der Waals surface area contributed by atoms with Crippen molar-refractivity contribution >= 4 is 29.1 Å². The molecule has 5 nitrogen and oxygen atoms in total. The topological polar surface area (TPSA) is 55.2 Å². The van der Waals surface area contributed by atoms with Crippen molar-refractivity contribution in [3.63, 3.8) is 0 Å². The lowest BCUT2D eigenvalue weighted by atomic mass is 10.2. The Morgan fingerprint density at radius 1 is 1.26 bits per heavy atom. The average molecular weight is 352 g/mol. The van der Waals surface area contributed by atoms with Gasteiger partial charge in [0.2, 0.25) is 5.91 Å². The molecule has 0 bridgehead atoms.